The monoisotopic (exact) mass is 259 g/mol. The zero-order valence-electron chi connectivity index (χ0n) is 9.37. The van der Waals surface area contributed by atoms with Crippen LogP contribution in [-0.2, 0) is 17.4 Å². The van der Waals surface area contributed by atoms with Gasteiger partial charge in [0.15, 0.2) is 0 Å². The Bertz CT molecular complexity index is 485. The number of aliphatic carboxylic acids is 1. The molecule has 98 valence electrons. The van der Waals surface area contributed by atoms with E-state index in [0.717, 1.165) is 12.1 Å². The number of carboxylic acid groups (broad SMARTS) is 1. The summed E-state index contributed by atoms with van der Waals surface area (Å²) in [6.45, 7) is 0. The van der Waals surface area contributed by atoms with Crippen LogP contribution in [0.1, 0.15) is 29.0 Å². The third kappa shape index (κ3) is 2.20. The van der Waals surface area contributed by atoms with Crippen molar-refractivity contribution < 1.29 is 23.1 Å². The van der Waals surface area contributed by atoms with Crippen LogP contribution in [0.3, 0.4) is 0 Å². The molecule has 0 spiro atoms. The van der Waals surface area contributed by atoms with Gasteiger partial charge in [-0.15, -0.1) is 0 Å². The summed E-state index contributed by atoms with van der Waals surface area (Å²) in [5.41, 5.74) is 5.69. The zero-order valence-corrected chi connectivity index (χ0v) is 9.37. The van der Waals surface area contributed by atoms with Gasteiger partial charge in [0.1, 0.15) is 0 Å². The summed E-state index contributed by atoms with van der Waals surface area (Å²) < 4.78 is 37.8. The Balaban J connectivity index is 2.52. The van der Waals surface area contributed by atoms with Gasteiger partial charge in [0.25, 0.3) is 0 Å². The number of carbonyl (C=O) groups is 1. The fourth-order valence-corrected chi connectivity index (χ4v) is 2.32. The summed E-state index contributed by atoms with van der Waals surface area (Å²) in [6, 6.07) is 2.60. The smallest absolute Gasteiger partial charge is 0.416 e. The van der Waals surface area contributed by atoms with Crippen LogP contribution < -0.4 is 5.73 Å². The van der Waals surface area contributed by atoms with E-state index in [1.54, 1.807) is 0 Å². The molecule has 1 aromatic carbocycles. The SMILES string of the molecule is NC1CCc2ccc(C(F)(F)F)cc2C1C(=O)O. The summed E-state index contributed by atoms with van der Waals surface area (Å²) in [7, 11) is 0. The van der Waals surface area contributed by atoms with Crippen molar-refractivity contribution in [1.82, 2.24) is 0 Å². The minimum absolute atomic E-state index is 0.191. The molecular weight excluding hydrogens is 247 g/mol. The molecule has 0 radical (unpaired) electrons. The van der Waals surface area contributed by atoms with Crippen LogP contribution in [0.2, 0.25) is 0 Å². The number of nitrogens with two attached hydrogens (primary N) is 1. The lowest BCUT2D eigenvalue weighted by atomic mass is 9.79. The first-order chi connectivity index (χ1) is 8.30. The molecule has 1 aliphatic carbocycles. The van der Waals surface area contributed by atoms with Crippen LogP contribution in [0.15, 0.2) is 18.2 Å². The number of fused-ring (bicyclic) bond motifs is 1. The van der Waals surface area contributed by atoms with E-state index in [1.807, 2.05) is 0 Å². The third-order valence-corrected chi connectivity index (χ3v) is 3.25. The first-order valence-corrected chi connectivity index (χ1v) is 5.49. The Hall–Kier alpha value is -1.56. The number of alkyl halides is 3. The van der Waals surface area contributed by atoms with Gasteiger partial charge in [0.05, 0.1) is 11.5 Å². The fraction of sp³-hybridized carbons (Fsp3) is 0.417. The maximum Gasteiger partial charge on any atom is 0.416 e. The van der Waals surface area contributed by atoms with E-state index in [9.17, 15) is 18.0 Å². The topological polar surface area (TPSA) is 63.3 Å². The average molecular weight is 259 g/mol. The molecule has 6 heteroatoms. The van der Waals surface area contributed by atoms with E-state index in [0.29, 0.717) is 18.4 Å². The molecule has 2 rings (SSSR count). The highest BCUT2D eigenvalue weighted by molar-refractivity contribution is 5.78. The highest BCUT2D eigenvalue weighted by Gasteiger charge is 2.36. The zero-order chi connectivity index (χ0) is 13.5. The summed E-state index contributed by atoms with van der Waals surface area (Å²) >= 11 is 0. The Morgan fingerprint density at radius 2 is 2.06 bits per heavy atom. The van der Waals surface area contributed by atoms with E-state index in [1.165, 1.54) is 6.07 Å². The van der Waals surface area contributed by atoms with Crippen molar-refractivity contribution in [3.05, 3.63) is 34.9 Å². The Morgan fingerprint density at radius 1 is 1.39 bits per heavy atom. The summed E-state index contributed by atoms with van der Waals surface area (Å²) in [5.74, 6) is -2.24. The number of aryl methyl sites for hydroxylation is 1. The van der Waals surface area contributed by atoms with E-state index in [-0.39, 0.29) is 5.56 Å². The van der Waals surface area contributed by atoms with Crippen LogP contribution in [0.5, 0.6) is 0 Å². The Morgan fingerprint density at radius 3 is 2.61 bits per heavy atom. The minimum atomic E-state index is -4.47. The lowest BCUT2D eigenvalue weighted by Gasteiger charge is -2.28. The second kappa shape index (κ2) is 4.28. The molecule has 0 aromatic heterocycles. The molecule has 2 unspecified atom stereocenters. The first-order valence-electron chi connectivity index (χ1n) is 5.49. The van der Waals surface area contributed by atoms with Gasteiger partial charge in [-0.3, -0.25) is 4.79 Å². The van der Waals surface area contributed by atoms with Crippen molar-refractivity contribution in [3.63, 3.8) is 0 Å². The molecule has 0 bridgehead atoms. The first kappa shape index (κ1) is 12.9. The number of carboxylic acids is 1. The quantitative estimate of drug-likeness (QED) is 0.812. The molecule has 0 amide bonds. The van der Waals surface area contributed by atoms with Gasteiger partial charge in [0.2, 0.25) is 0 Å². The molecule has 0 saturated heterocycles. The molecule has 3 nitrogen and oxygen atoms in total. The fourth-order valence-electron chi connectivity index (χ4n) is 2.32. The summed E-state index contributed by atoms with van der Waals surface area (Å²) in [6.07, 6.45) is -3.49. The van der Waals surface area contributed by atoms with Gasteiger partial charge in [-0.2, -0.15) is 13.2 Å². The van der Waals surface area contributed by atoms with Gasteiger partial charge >= 0.3 is 12.1 Å². The number of hydrogen-bond donors (Lipinski definition) is 2. The van der Waals surface area contributed by atoms with E-state index in [2.05, 4.69) is 0 Å². The highest BCUT2D eigenvalue weighted by atomic mass is 19.4. The van der Waals surface area contributed by atoms with Crippen LogP contribution >= 0.6 is 0 Å². The van der Waals surface area contributed by atoms with Gasteiger partial charge in [-0.1, -0.05) is 6.07 Å². The maximum atomic E-state index is 12.6. The normalized spacial score (nSPS) is 23.6. The predicted molar refractivity (Wildman–Crippen MR) is 58.1 cm³/mol. The van der Waals surface area contributed by atoms with Crippen molar-refractivity contribution in [2.45, 2.75) is 31.0 Å². The highest BCUT2D eigenvalue weighted by Crippen LogP contribution is 2.36. The lowest BCUT2D eigenvalue weighted by Crippen LogP contribution is -2.37. The van der Waals surface area contributed by atoms with Crippen molar-refractivity contribution in [1.29, 1.82) is 0 Å². The largest absolute Gasteiger partial charge is 0.481 e. The molecule has 18 heavy (non-hydrogen) atoms. The van der Waals surface area contributed by atoms with Gasteiger partial charge < -0.3 is 10.8 Å². The van der Waals surface area contributed by atoms with E-state index >= 15 is 0 Å². The number of benzene rings is 1. The van der Waals surface area contributed by atoms with Crippen LogP contribution in [-0.4, -0.2) is 17.1 Å². The third-order valence-electron chi connectivity index (χ3n) is 3.25. The lowest BCUT2D eigenvalue weighted by molar-refractivity contribution is -0.140. The van der Waals surface area contributed by atoms with Crippen molar-refractivity contribution >= 4 is 5.97 Å². The van der Waals surface area contributed by atoms with Crippen LogP contribution in [0, 0.1) is 0 Å². The minimum Gasteiger partial charge on any atom is -0.481 e. The molecule has 1 aliphatic rings. The predicted octanol–water partition coefficient (Wildman–Crippen LogP) is 2.15. The van der Waals surface area contributed by atoms with Crippen molar-refractivity contribution in [2.75, 3.05) is 0 Å². The van der Waals surface area contributed by atoms with Crippen LogP contribution in [0.4, 0.5) is 13.2 Å². The molecule has 0 saturated carbocycles. The average Bonchev–Trinajstić information content (AvgIpc) is 2.26. The molecule has 0 aliphatic heterocycles. The molecule has 3 N–H and O–H groups in total. The molecule has 2 atom stereocenters. The summed E-state index contributed by atoms with van der Waals surface area (Å²) in [5, 5.41) is 9.09. The second-order valence-electron chi connectivity index (χ2n) is 4.43. The Labute approximate surface area is 101 Å². The number of halogens is 3. The van der Waals surface area contributed by atoms with Crippen molar-refractivity contribution in [2.24, 2.45) is 5.73 Å². The standard InChI is InChI=1S/C12H12F3NO2/c13-12(14,15)7-3-1-6-2-4-9(16)10(11(17)18)8(6)5-7/h1,3,5,9-10H,2,4,16H2,(H,17,18). The Kier molecular flexibility index (Phi) is 3.06. The molecule has 0 heterocycles. The summed E-state index contributed by atoms with van der Waals surface area (Å²) in [4.78, 5) is 11.1. The maximum absolute atomic E-state index is 12.6. The van der Waals surface area contributed by atoms with Gasteiger partial charge in [-0.05, 0) is 36.1 Å². The number of rotatable bonds is 1. The van der Waals surface area contributed by atoms with Gasteiger partial charge in [-0.25, -0.2) is 0 Å². The molecule has 0 fully saturated rings. The van der Waals surface area contributed by atoms with Crippen LogP contribution in [0.25, 0.3) is 0 Å². The number of hydrogen-bond acceptors (Lipinski definition) is 2. The molecule has 1 aromatic rings. The molecular formula is C12H12F3NO2. The van der Waals surface area contributed by atoms with E-state index < -0.39 is 29.7 Å². The van der Waals surface area contributed by atoms with E-state index in [4.69, 9.17) is 10.8 Å². The van der Waals surface area contributed by atoms with Crippen molar-refractivity contribution in [3.8, 4) is 0 Å². The van der Waals surface area contributed by atoms with Gasteiger partial charge in [0, 0.05) is 6.04 Å². The second-order valence-corrected chi connectivity index (χ2v) is 4.43.